The van der Waals surface area contributed by atoms with Crippen molar-refractivity contribution in [2.75, 3.05) is 0 Å². The Bertz CT molecular complexity index is 364. The highest BCUT2D eigenvalue weighted by Gasteiger charge is 2.17. The molecule has 1 atom stereocenters. The van der Waals surface area contributed by atoms with E-state index in [0.717, 1.165) is 25.3 Å². The Morgan fingerprint density at radius 1 is 1.17 bits per heavy atom. The van der Waals surface area contributed by atoms with Gasteiger partial charge in [0, 0.05) is 23.8 Å². The summed E-state index contributed by atoms with van der Waals surface area (Å²) in [6, 6.07) is 0.0914. The van der Waals surface area contributed by atoms with Crippen molar-refractivity contribution in [3.63, 3.8) is 0 Å². The first-order chi connectivity index (χ1) is 8.51. The number of aromatic nitrogens is 2. The Hall–Kier alpha value is -0.830. The van der Waals surface area contributed by atoms with Crippen LogP contribution >= 0.6 is 0 Å². The summed E-state index contributed by atoms with van der Waals surface area (Å²) in [6.07, 6.45) is 4.46. The van der Waals surface area contributed by atoms with E-state index in [4.69, 9.17) is 10.8 Å². The lowest BCUT2D eigenvalue weighted by Gasteiger charge is -2.11. The lowest BCUT2D eigenvalue weighted by Crippen LogP contribution is -2.11. The third-order valence-corrected chi connectivity index (χ3v) is 3.45. The van der Waals surface area contributed by atoms with Crippen molar-refractivity contribution >= 4 is 0 Å². The van der Waals surface area contributed by atoms with Crippen molar-refractivity contribution in [2.24, 2.45) is 11.7 Å². The van der Waals surface area contributed by atoms with Crippen LogP contribution in [0.15, 0.2) is 0 Å². The number of nitrogens with two attached hydrogens (primary N) is 1. The van der Waals surface area contributed by atoms with Crippen LogP contribution in [0.1, 0.15) is 70.5 Å². The molecule has 0 saturated heterocycles. The van der Waals surface area contributed by atoms with Gasteiger partial charge in [-0.2, -0.15) is 5.10 Å². The van der Waals surface area contributed by atoms with Crippen LogP contribution in [0, 0.1) is 5.92 Å². The van der Waals surface area contributed by atoms with Gasteiger partial charge in [-0.05, 0) is 38.5 Å². The SMILES string of the molecule is CCc1nn(CCCC(C)C)c(CC)c1C(C)N. The van der Waals surface area contributed by atoms with Crippen LogP contribution in [0.2, 0.25) is 0 Å². The Morgan fingerprint density at radius 2 is 1.83 bits per heavy atom. The van der Waals surface area contributed by atoms with Crippen LogP contribution in [-0.2, 0) is 19.4 Å². The van der Waals surface area contributed by atoms with Crippen molar-refractivity contribution in [3.8, 4) is 0 Å². The lowest BCUT2D eigenvalue weighted by atomic mass is 10.0. The average molecular weight is 251 g/mol. The fourth-order valence-corrected chi connectivity index (χ4v) is 2.56. The van der Waals surface area contributed by atoms with Crippen LogP contribution in [0.4, 0.5) is 0 Å². The summed E-state index contributed by atoms with van der Waals surface area (Å²) < 4.78 is 2.19. The minimum Gasteiger partial charge on any atom is -0.324 e. The van der Waals surface area contributed by atoms with Gasteiger partial charge < -0.3 is 5.73 Å². The van der Waals surface area contributed by atoms with E-state index in [0.29, 0.717) is 0 Å². The van der Waals surface area contributed by atoms with Gasteiger partial charge in [-0.1, -0.05) is 27.7 Å². The van der Waals surface area contributed by atoms with E-state index in [9.17, 15) is 0 Å². The van der Waals surface area contributed by atoms with Crippen LogP contribution < -0.4 is 5.73 Å². The highest BCUT2D eigenvalue weighted by molar-refractivity contribution is 5.29. The fourth-order valence-electron chi connectivity index (χ4n) is 2.56. The van der Waals surface area contributed by atoms with Gasteiger partial charge in [0.25, 0.3) is 0 Å². The smallest absolute Gasteiger partial charge is 0.0672 e. The van der Waals surface area contributed by atoms with Gasteiger partial charge in [-0.15, -0.1) is 0 Å². The number of hydrogen-bond donors (Lipinski definition) is 1. The molecule has 0 bridgehead atoms. The average Bonchev–Trinajstić information content (AvgIpc) is 2.66. The first kappa shape index (κ1) is 15.2. The quantitative estimate of drug-likeness (QED) is 0.806. The summed E-state index contributed by atoms with van der Waals surface area (Å²) in [4.78, 5) is 0. The number of aryl methyl sites for hydroxylation is 2. The van der Waals surface area contributed by atoms with E-state index in [1.54, 1.807) is 0 Å². The van der Waals surface area contributed by atoms with Crippen LogP contribution in [-0.4, -0.2) is 9.78 Å². The van der Waals surface area contributed by atoms with Crippen molar-refractivity contribution in [3.05, 3.63) is 17.0 Å². The minimum atomic E-state index is 0.0914. The predicted octanol–water partition coefficient (Wildman–Crippen LogP) is 3.46. The van der Waals surface area contributed by atoms with Gasteiger partial charge >= 0.3 is 0 Å². The van der Waals surface area contributed by atoms with Crippen LogP contribution in [0.5, 0.6) is 0 Å². The molecule has 0 saturated carbocycles. The van der Waals surface area contributed by atoms with E-state index in [-0.39, 0.29) is 6.04 Å². The van der Waals surface area contributed by atoms with Gasteiger partial charge in [-0.25, -0.2) is 0 Å². The molecule has 1 unspecified atom stereocenters. The standard InChI is InChI=1S/C15H29N3/c1-6-13-15(12(5)16)14(7-2)18(17-13)10-8-9-11(3)4/h11-12H,6-10,16H2,1-5H3. The molecule has 104 valence electrons. The molecule has 0 aliphatic rings. The molecular formula is C15H29N3. The molecule has 0 aliphatic carbocycles. The summed E-state index contributed by atoms with van der Waals surface area (Å²) in [7, 11) is 0. The molecule has 3 heteroatoms. The Balaban J connectivity index is 2.90. The molecule has 0 aliphatic heterocycles. The molecule has 0 amide bonds. The van der Waals surface area contributed by atoms with Gasteiger partial charge in [0.15, 0.2) is 0 Å². The summed E-state index contributed by atoms with van der Waals surface area (Å²) in [5.41, 5.74) is 9.91. The Morgan fingerprint density at radius 3 is 2.28 bits per heavy atom. The van der Waals surface area contributed by atoms with Gasteiger partial charge in [0.05, 0.1) is 5.69 Å². The molecule has 0 aromatic carbocycles. The molecule has 2 N–H and O–H groups in total. The molecule has 0 fully saturated rings. The molecule has 1 aromatic rings. The van der Waals surface area contributed by atoms with Crippen molar-refractivity contribution in [2.45, 2.75) is 72.9 Å². The highest BCUT2D eigenvalue weighted by Crippen LogP contribution is 2.22. The molecule has 0 radical (unpaired) electrons. The topological polar surface area (TPSA) is 43.8 Å². The summed E-state index contributed by atoms with van der Waals surface area (Å²) >= 11 is 0. The minimum absolute atomic E-state index is 0.0914. The van der Waals surface area contributed by atoms with Crippen LogP contribution in [0.3, 0.4) is 0 Å². The summed E-state index contributed by atoms with van der Waals surface area (Å²) in [5, 5.41) is 4.75. The molecule has 3 nitrogen and oxygen atoms in total. The monoisotopic (exact) mass is 251 g/mol. The number of nitrogens with zero attached hydrogens (tertiary/aromatic N) is 2. The van der Waals surface area contributed by atoms with E-state index in [2.05, 4.69) is 39.3 Å². The van der Waals surface area contributed by atoms with E-state index >= 15 is 0 Å². The van der Waals surface area contributed by atoms with Gasteiger partial charge in [-0.3, -0.25) is 4.68 Å². The van der Waals surface area contributed by atoms with Crippen molar-refractivity contribution in [1.82, 2.24) is 9.78 Å². The summed E-state index contributed by atoms with van der Waals surface area (Å²) in [5.74, 6) is 0.768. The molecule has 1 heterocycles. The Kier molecular flexibility index (Phi) is 5.86. The highest BCUT2D eigenvalue weighted by atomic mass is 15.3. The zero-order chi connectivity index (χ0) is 13.7. The first-order valence-corrected chi connectivity index (χ1v) is 7.35. The van der Waals surface area contributed by atoms with Gasteiger partial charge in [0.1, 0.15) is 0 Å². The second-order valence-electron chi connectivity index (χ2n) is 5.56. The number of rotatable bonds is 7. The van der Waals surface area contributed by atoms with Gasteiger partial charge in [0.2, 0.25) is 0 Å². The Labute approximate surface area is 112 Å². The number of hydrogen-bond acceptors (Lipinski definition) is 2. The maximum Gasteiger partial charge on any atom is 0.0672 e. The van der Waals surface area contributed by atoms with E-state index in [1.807, 2.05) is 0 Å². The second-order valence-corrected chi connectivity index (χ2v) is 5.56. The lowest BCUT2D eigenvalue weighted by molar-refractivity contribution is 0.478. The maximum atomic E-state index is 6.10. The largest absolute Gasteiger partial charge is 0.324 e. The predicted molar refractivity (Wildman–Crippen MR) is 77.7 cm³/mol. The fraction of sp³-hybridized carbons (Fsp3) is 0.800. The van der Waals surface area contributed by atoms with E-state index in [1.165, 1.54) is 29.8 Å². The molecule has 1 aromatic heterocycles. The zero-order valence-corrected chi connectivity index (χ0v) is 12.7. The molecule has 0 spiro atoms. The molecule has 1 rings (SSSR count). The van der Waals surface area contributed by atoms with Crippen molar-refractivity contribution < 1.29 is 0 Å². The van der Waals surface area contributed by atoms with Crippen LogP contribution in [0.25, 0.3) is 0 Å². The molecular weight excluding hydrogens is 222 g/mol. The normalized spacial score (nSPS) is 13.3. The maximum absolute atomic E-state index is 6.10. The first-order valence-electron chi connectivity index (χ1n) is 7.35. The summed E-state index contributed by atoms with van der Waals surface area (Å²) in [6.45, 7) is 12.0. The van der Waals surface area contributed by atoms with Crippen molar-refractivity contribution in [1.29, 1.82) is 0 Å². The molecule has 18 heavy (non-hydrogen) atoms. The third kappa shape index (κ3) is 3.58. The zero-order valence-electron chi connectivity index (χ0n) is 12.7. The third-order valence-electron chi connectivity index (χ3n) is 3.45. The second kappa shape index (κ2) is 6.93. The van der Waals surface area contributed by atoms with E-state index < -0.39 is 0 Å².